The van der Waals surface area contributed by atoms with Crippen molar-refractivity contribution in [3.63, 3.8) is 0 Å². The second-order valence-electron chi connectivity index (χ2n) is 4.06. The molecule has 1 aromatic carbocycles. The number of rotatable bonds is 5. The number of pyridine rings is 1. The van der Waals surface area contributed by atoms with Crippen molar-refractivity contribution in [2.75, 3.05) is 5.32 Å². The molecule has 0 saturated carbocycles. The molecule has 2 rings (SSSR count). The highest BCUT2D eigenvalue weighted by atomic mass is 19.3. The van der Waals surface area contributed by atoms with Gasteiger partial charge in [0.15, 0.2) is 0 Å². The van der Waals surface area contributed by atoms with Gasteiger partial charge in [-0.05, 0) is 42.8 Å². The van der Waals surface area contributed by atoms with Crippen LogP contribution in [-0.4, -0.2) is 11.6 Å². The fourth-order valence-corrected chi connectivity index (χ4v) is 1.70. The van der Waals surface area contributed by atoms with Gasteiger partial charge in [0.05, 0.1) is 6.04 Å². The van der Waals surface area contributed by atoms with Gasteiger partial charge >= 0.3 is 6.61 Å². The Kier molecular flexibility index (Phi) is 4.28. The van der Waals surface area contributed by atoms with E-state index in [1.54, 1.807) is 24.5 Å². The van der Waals surface area contributed by atoms with Crippen molar-refractivity contribution in [1.82, 2.24) is 4.98 Å². The minimum atomic E-state index is -2.80. The Hall–Kier alpha value is -2.17. The van der Waals surface area contributed by atoms with Gasteiger partial charge in [-0.3, -0.25) is 4.98 Å². The van der Waals surface area contributed by atoms with E-state index in [0.29, 0.717) is 0 Å². The summed E-state index contributed by atoms with van der Waals surface area (Å²) in [7, 11) is 0. The summed E-state index contributed by atoms with van der Waals surface area (Å²) in [5.41, 5.74) is 1.88. The Labute approximate surface area is 110 Å². The van der Waals surface area contributed by atoms with E-state index >= 15 is 0 Å². The molecule has 0 fully saturated rings. The number of aromatic nitrogens is 1. The van der Waals surface area contributed by atoms with Crippen LogP contribution in [0.5, 0.6) is 5.75 Å². The summed E-state index contributed by atoms with van der Waals surface area (Å²) in [5.74, 6) is 0.148. The van der Waals surface area contributed by atoms with Crippen LogP contribution in [0.2, 0.25) is 0 Å². The van der Waals surface area contributed by atoms with Gasteiger partial charge in [-0.25, -0.2) is 0 Å². The first kappa shape index (κ1) is 13.3. The van der Waals surface area contributed by atoms with Crippen LogP contribution in [0.25, 0.3) is 0 Å². The minimum absolute atomic E-state index is 0.0792. The molecule has 1 unspecified atom stereocenters. The average molecular weight is 264 g/mol. The second-order valence-corrected chi connectivity index (χ2v) is 4.06. The highest BCUT2D eigenvalue weighted by Crippen LogP contribution is 2.21. The van der Waals surface area contributed by atoms with E-state index in [4.69, 9.17) is 0 Å². The molecule has 5 heteroatoms. The molecule has 0 aliphatic heterocycles. The molecule has 0 aliphatic rings. The number of halogens is 2. The lowest BCUT2D eigenvalue weighted by Crippen LogP contribution is -2.07. The fourth-order valence-electron chi connectivity index (χ4n) is 1.70. The molecule has 0 bridgehead atoms. The molecule has 1 N–H and O–H groups in total. The zero-order valence-corrected chi connectivity index (χ0v) is 10.4. The van der Waals surface area contributed by atoms with E-state index in [9.17, 15) is 8.78 Å². The Morgan fingerprint density at radius 2 is 1.89 bits per heavy atom. The fraction of sp³-hybridized carbons (Fsp3) is 0.214. The molecule has 100 valence electrons. The molecule has 19 heavy (non-hydrogen) atoms. The molecule has 1 atom stereocenters. The molecule has 0 aliphatic carbocycles. The monoisotopic (exact) mass is 264 g/mol. The molecule has 0 saturated heterocycles. The van der Waals surface area contributed by atoms with Crippen LogP contribution >= 0.6 is 0 Å². The summed E-state index contributed by atoms with van der Waals surface area (Å²) in [4.78, 5) is 4.05. The summed E-state index contributed by atoms with van der Waals surface area (Å²) in [5, 5.41) is 3.26. The van der Waals surface area contributed by atoms with E-state index in [1.165, 1.54) is 12.1 Å². The largest absolute Gasteiger partial charge is 0.435 e. The Morgan fingerprint density at radius 1 is 1.16 bits per heavy atom. The standard InChI is InChI=1S/C14H14F2N2O/c1-10(11-3-2-8-17-9-11)18-12-4-6-13(7-5-12)19-14(15)16/h2-10,14,18H,1H3. The van der Waals surface area contributed by atoms with Crippen LogP contribution in [-0.2, 0) is 0 Å². The van der Waals surface area contributed by atoms with Gasteiger partial charge in [0.25, 0.3) is 0 Å². The van der Waals surface area contributed by atoms with E-state index in [-0.39, 0.29) is 11.8 Å². The predicted octanol–water partition coefficient (Wildman–Crippen LogP) is 3.86. The van der Waals surface area contributed by atoms with Crippen LogP contribution in [0.15, 0.2) is 48.8 Å². The molecule has 3 nitrogen and oxygen atoms in total. The van der Waals surface area contributed by atoms with Crippen LogP contribution in [0, 0.1) is 0 Å². The SMILES string of the molecule is CC(Nc1ccc(OC(F)F)cc1)c1cccnc1. The number of ether oxygens (including phenoxy) is 1. The number of hydrogen-bond acceptors (Lipinski definition) is 3. The van der Waals surface area contributed by atoms with Crippen molar-refractivity contribution < 1.29 is 13.5 Å². The molecule has 0 spiro atoms. The molecule has 2 aromatic rings. The lowest BCUT2D eigenvalue weighted by Gasteiger charge is -2.15. The lowest BCUT2D eigenvalue weighted by molar-refractivity contribution is -0.0498. The van der Waals surface area contributed by atoms with Gasteiger partial charge in [-0.2, -0.15) is 8.78 Å². The summed E-state index contributed by atoms with van der Waals surface area (Å²) in [6, 6.07) is 10.3. The van der Waals surface area contributed by atoms with Gasteiger partial charge in [-0.1, -0.05) is 6.07 Å². The smallest absolute Gasteiger partial charge is 0.387 e. The van der Waals surface area contributed by atoms with Gasteiger partial charge in [0.1, 0.15) is 5.75 Å². The number of hydrogen-bond donors (Lipinski definition) is 1. The minimum Gasteiger partial charge on any atom is -0.435 e. The van der Waals surface area contributed by atoms with Crippen molar-refractivity contribution in [3.05, 3.63) is 54.4 Å². The molecule has 0 radical (unpaired) electrons. The molecule has 1 aromatic heterocycles. The first-order valence-corrected chi connectivity index (χ1v) is 5.86. The number of benzene rings is 1. The Morgan fingerprint density at radius 3 is 2.47 bits per heavy atom. The summed E-state index contributed by atoms with van der Waals surface area (Å²) in [6.45, 7) is -0.797. The van der Waals surface area contributed by atoms with Crippen LogP contribution in [0.1, 0.15) is 18.5 Å². The zero-order valence-electron chi connectivity index (χ0n) is 10.4. The van der Waals surface area contributed by atoms with Crippen molar-refractivity contribution in [2.24, 2.45) is 0 Å². The third-order valence-electron chi connectivity index (χ3n) is 2.65. The maximum atomic E-state index is 12.0. The number of nitrogens with zero attached hydrogens (tertiary/aromatic N) is 1. The number of alkyl halides is 2. The number of nitrogens with one attached hydrogen (secondary N) is 1. The van der Waals surface area contributed by atoms with Gasteiger partial charge in [-0.15, -0.1) is 0 Å². The van der Waals surface area contributed by atoms with Crippen molar-refractivity contribution >= 4 is 5.69 Å². The van der Waals surface area contributed by atoms with E-state index in [0.717, 1.165) is 11.3 Å². The maximum absolute atomic E-state index is 12.0. The maximum Gasteiger partial charge on any atom is 0.387 e. The normalized spacial score (nSPS) is 12.2. The number of anilines is 1. The highest BCUT2D eigenvalue weighted by Gasteiger charge is 2.06. The van der Waals surface area contributed by atoms with Crippen LogP contribution < -0.4 is 10.1 Å². The summed E-state index contributed by atoms with van der Waals surface area (Å²) in [6.07, 6.45) is 3.50. The van der Waals surface area contributed by atoms with E-state index in [1.807, 2.05) is 19.1 Å². The van der Waals surface area contributed by atoms with Crippen LogP contribution in [0.4, 0.5) is 14.5 Å². The lowest BCUT2D eigenvalue weighted by atomic mass is 10.1. The van der Waals surface area contributed by atoms with Gasteiger partial charge < -0.3 is 10.1 Å². The van der Waals surface area contributed by atoms with E-state index in [2.05, 4.69) is 15.0 Å². The zero-order chi connectivity index (χ0) is 13.7. The average Bonchev–Trinajstić information content (AvgIpc) is 2.41. The Balaban J connectivity index is 1.99. The second kappa shape index (κ2) is 6.13. The third-order valence-corrected chi connectivity index (χ3v) is 2.65. The van der Waals surface area contributed by atoms with Crippen LogP contribution in [0.3, 0.4) is 0 Å². The molecular weight excluding hydrogens is 250 g/mol. The van der Waals surface area contributed by atoms with Crippen molar-refractivity contribution in [1.29, 1.82) is 0 Å². The Bertz CT molecular complexity index is 503. The van der Waals surface area contributed by atoms with Crippen molar-refractivity contribution in [3.8, 4) is 5.75 Å². The van der Waals surface area contributed by atoms with Gasteiger partial charge in [0.2, 0.25) is 0 Å². The van der Waals surface area contributed by atoms with E-state index < -0.39 is 6.61 Å². The van der Waals surface area contributed by atoms with Crippen molar-refractivity contribution in [2.45, 2.75) is 19.6 Å². The predicted molar refractivity (Wildman–Crippen MR) is 69.3 cm³/mol. The van der Waals surface area contributed by atoms with Gasteiger partial charge in [0, 0.05) is 18.1 Å². The highest BCUT2D eigenvalue weighted by molar-refractivity contribution is 5.48. The first-order chi connectivity index (χ1) is 9.15. The summed E-state index contributed by atoms with van der Waals surface area (Å²) >= 11 is 0. The quantitative estimate of drug-likeness (QED) is 0.890. The topological polar surface area (TPSA) is 34.1 Å². The third kappa shape index (κ3) is 3.91. The molecule has 1 heterocycles. The molecule has 0 amide bonds. The first-order valence-electron chi connectivity index (χ1n) is 5.86. The summed E-state index contributed by atoms with van der Waals surface area (Å²) < 4.78 is 28.3. The molecular formula is C14H14F2N2O.